The first kappa shape index (κ1) is 14.9. The third-order valence-electron chi connectivity index (χ3n) is 3.16. The number of aryl methyl sites for hydroxylation is 1. The number of hydrogen-bond donors (Lipinski definition) is 0. The molecule has 0 bridgehead atoms. The molecule has 0 aliphatic rings. The maximum atomic E-state index is 11.8. The van der Waals surface area contributed by atoms with Crippen LogP contribution in [0.1, 0.15) is 64.6 Å². The number of ketones is 1. The second-order valence-corrected chi connectivity index (χ2v) is 4.73. The van der Waals surface area contributed by atoms with Gasteiger partial charge >= 0.3 is 0 Å². The predicted molar refractivity (Wildman–Crippen MR) is 72.4 cm³/mol. The van der Waals surface area contributed by atoms with Crippen molar-refractivity contribution in [3.63, 3.8) is 0 Å². The lowest BCUT2D eigenvalue weighted by Crippen LogP contribution is -2.10. The summed E-state index contributed by atoms with van der Waals surface area (Å²) in [5, 5.41) is 4.07. The van der Waals surface area contributed by atoms with Crippen LogP contribution in [0.5, 0.6) is 0 Å². The van der Waals surface area contributed by atoms with Crippen molar-refractivity contribution >= 4 is 5.78 Å². The number of Topliss-reactive ketones (excluding diaryl/α,β-unsaturated/α-hetero) is 1. The molecule has 0 spiro atoms. The Morgan fingerprint density at radius 1 is 1.17 bits per heavy atom. The molecule has 0 radical (unpaired) electrons. The van der Waals surface area contributed by atoms with Crippen molar-refractivity contribution in [2.75, 3.05) is 0 Å². The number of aromatic nitrogens is 3. The number of nitrogens with zero attached hydrogens (tertiary/aromatic N) is 3. The number of carbonyl (C=O) groups is 1. The first-order valence-corrected chi connectivity index (χ1v) is 7.16. The lowest BCUT2D eigenvalue weighted by Gasteiger charge is -2.03. The van der Waals surface area contributed by atoms with E-state index in [1.807, 2.05) is 6.92 Å². The highest BCUT2D eigenvalue weighted by Crippen LogP contribution is 2.08. The van der Waals surface area contributed by atoms with E-state index in [1.54, 1.807) is 4.68 Å². The summed E-state index contributed by atoms with van der Waals surface area (Å²) < 4.78 is 1.79. The first-order valence-electron chi connectivity index (χ1n) is 7.16. The molecule has 1 heterocycles. The predicted octanol–water partition coefficient (Wildman–Crippen LogP) is 3.16. The number of rotatable bonds is 10. The highest BCUT2D eigenvalue weighted by Gasteiger charge is 2.08. The van der Waals surface area contributed by atoms with Gasteiger partial charge in [-0.05, 0) is 13.3 Å². The lowest BCUT2D eigenvalue weighted by atomic mass is 10.1. The minimum Gasteiger partial charge on any atom is -0.299 e. The van der Waals surface area contributed by atoms with Crippen LogP contribution in [0.4, 0.5) is 0 Å². The van der Waals surface area contributed by atoms with E-state index in [1.165, 1.54) is 38.4 Å². The van der Waals surface area contributed by atoms with Gasteiger partial charge in [0.05, 0.1) is 6.42 Å². The van der Waals surface area contributed by atoms with Crippen molar-refractivity contribution in [2.24, 2.45) is 0 Å². The number of hydrogen-bond acceptors (Lipinski definition) is 3. The molecular formula is C14H25N3O. The monoisotopic (exact) mass is 251 g/mol. The molecule has 0 N–H and O–H groups in total. The van der Waals surface area contributed by atoms with Gasteiger partial charge in [0.15, 0.2) is 0 Å². The number of unbranched alkanes of at least 4 members (excludes halogenated alkanes) is 5. The summed E-state index contributed by atoms with van der Waals surface area (Å²) in [5.74, 6) is 1.08. The highest BCUT2D eigenvalue weighted by molar-refractivity contribution is 5.80. The summed E-state index contributed by atoms with van der Waals surface area (Å²) in [6.07, 6.45) is 9.97. The van der Waals surface area contributed by atoms with E-state index in [0.717, 1.165) is 18.8 Å². The summed E-state index contributed by atoms with van der Waals surface area (Å²) in [4.78, 5) is 15.9. The Morgan fingerprint density at radius 2 is 1.89 bits per heavy atom. The van der Waals surface area contributed by atoms with E-state index in [0.29, 0.717) is 12.8 Å². The van der Waals surface area contributed by atoms with E-state index in [2.05, 4.69) is 17.0 Å². The largest absolute Gasteiger partial charge is 0.299 e. The van der Waals surface area contributed by atoms with E-state index >= 15 is 0 Å². The van der Waals surface area contributed by atoms with Gasteiger partial charge in [0.25, 0.3) is 0 Å². The van der Waals surface area contributed by atoms with Crippen molar-refractivity contribution in [3.05, 3.63) is 12.2 Å². The molecule has 0 atom stereocenters. The molecule has 0 unspecified atom stereocenters. The van der Waals surface area contributed by atoms with E-state index in [9.17, 15) is 4.79 Å². The quantitative estimate of drug-likeness (QED) is 0.600. The minimum absolute atomic E-state index is 0.285. The van der Waals surface area contributed by atoms with Gasteiger partial charge < -0.3 is 0 Å². The third-order valence-corrected chi connectivity index (χ3v) is 3.16. The number of carbonyl (C=O) groups excluding carboxylic acids is 1. The minimum atomic E-state index is 0.285. The summed E-state index contributed by atoms with van der Waals surface area (Å²) in [5.41, 5.74) is 0. The molecule has 0 saturated heterocycles. The van der Waals surface area contributed by atoms with Gasteiger partial charge in [0.1, 0.15) is 17.9 Å². The Balaban J connectivity index is 2.14. The van der Waals surface area contributed by atoms with Crippen molar-refractivity contribution in [3.8, 4) is 0 Å². The molecule has 0 saturated carbocycles. The van der Waals surface area contributed by atoms with E-state index in [4.69, 9.17) is 0 Å². The van der Waals surface area contributed by atoms with E-state index in [-0.39, 0.29) is 5.78 Å². The molecule has 0 fully saturated rings. The SMILES string of the molecule is CCCCCCCCC(=O)Cc1ncnn1CC. The fraction of sp³-hybridized carbons (Fsp3) is 0.786. The Bertz CT molecular complexity index is 347. The van der Waals surface area contributed by atoms with Crippen LogP contribution in [-0.2, 0) is 17.8 Å². The normalized spacial score (nSPS) is 10.8. The van der Waals surface area contributed by atoms with Gasteiger partial charge in [-0.15, -0.1) is 0 Å². The van der Waals surface area contributed by atoms with Crippen molar-refractivity contribution in [1.82, 2.24) is 14.8 Å². The maximum Gasteiger partial charge on any atom is 0.140 e. The molecule has 4 nitrogen and oxygen atoms in total. The second kappa shape index (κ2) is 8.84. The van der Waals surface area contributed by atoms with Gasteiger partial charge in [0, 0.05) is 13.0 Å². The standard InChI is InChI=1S/C14H25N3O/c1-3-5-6-7-8-9-10-13(18)11-14-15-12-16-17(14)4-2/h12H,3-11H2,1-2H3. The first-order chi connectivity index (χ1) is 8.77. The van der Waals surface area contributed by atoms with Crippen LogP contribution >= 0.6 is 0 Å². The zero-order chi connectivity index (χ0) is 13.2. The summed E-state index contributed by atoms with van der Waals surface area (Å²) in [6.45, 7) is 5.00. The van der Waals surface area contributed by atoms with Crippen LogP contribution in [0.25, 0.3) is 0 Å². The van der Waals surface area contributed by atoms with Gasteiger partial charge in [-0.25, -0.2) is 9.67 Å². The molecule has 0 amide bonds. The Morgan fingerprint density at radius 3 is 2.61 bits per heavy atom. The van der Waals surface area contributed by atoms with Crippen molar-refractivity contribution in [1.29, 1.82) is 0 Å². The summed E-state index contributed by atoms with van der Waals surface area (Å²) in [6, 6.07) is 0. The lowest BCUT2D eigenvalue weighted by molar-refractivity contribution is -0.118. The maximum absolute atomic E-state index is 11.8. The average Bonchev–Trinajstić information content (AvgIpc) is 2.80. The molecule has 4 heteroatoms. The van der Waals surface area contributed by atoms with Crippen LogP contribution < -0.4 is 0 Å². The topological polar surface area (TPSA) is 47.8 Å². The van der Waals surface area contributed by atoms with Gasteiger partial charge in [-0.1, -0.05) is 39.0 Å². The second-order valence-electron chi connectivity index (χ2n) is 4.73. The molecule has 0 aliphatic heterocycles. The molecule has 1 aromatic rings. The van der Waals surface area contributed by atoms with Gasteiger partial charge in [-0.3, -0.25) is 4.79 Å². The molecule has 1 rings (SSSR count). The molecule has 102 valence electrons. The average molecular weight is 251 g/mol. The molecule has 1 aromatic heterocycles. The van der Waals surface area contributed by atoms with E-state index < -0.39 is 0 Å². The molecule has 18 heavy (non-hydrogen) atoms. The van der Waals surface area contributed by atoms with Crippen molar-refractivity contribution in [2.45, 2.75) is 71.8 Å². The van der Waals surface area contributed by atoms with Gasteiger partial charge in [-0.2, -0.15) is 5.10 Å². The molecule has 0 aromatic carbocycles. The van der Waals surface area contributed by atoms with Crippen LogP contribution in [0, 0.1) is 0 Å². The Hall–Kier alpha value is -1.19. The Labute approximate surface area is 110 Å². The Kier molecular flexibility index (Phi) is 7.30. The van der Waals surface area contributed by atoms with Crippen LogP contribution in [-0.4, -0.2) is 20.5 Å². The highest BCUT2D eigenvalue weighted by atomic mass is 16.1. The molecular weight excluding hydrogens is 226 g/mol. The summed E-state index contributed by atoms with van der Waals surface area (Å²) in [7, 11) is 0. The third kappa shape index (κ3) is 5.43. The smallest absolute Gasteiger partial charge is 0.140 e. The fourth-order valence-electron chi connectivity index (χ4n) is 2.06. The molecule has 0 aliphatic carbocycles. The van der Waals surface area contributed by atoms with Crippen LogP contribution in [0.2, 0.25) is 0 Å². The zero-order valence-electron chi connectivity index (χ0n) is 11.7. The van der Waals surface area contributed by atoms with Crippen molar-refractivity contribution < 1.29 is 4.79 Å². The zero-order valence-corrected chi connectivity index (χ0v) is 11.7. The summed E-state index contributed by atoms with van der Waals surface area (Å²) >= 11 is 0. The van der Waals surface area contributed by atoms with Gasteiger partial charge in [0.2, 0.25) is 0 Å². The fourth-order valence-corrected chi connectivity index (χ4v) is 2.06. The van der Waals surface area contributed by atoms with Crippen LogP contribution in [0.3, 0.4) is 0 Å². The van der Waals surface area contributed by atoms with Crippen LogP contribution in [0.15, 0.2) is 6.33 Å².